The van der Waals surface area contributed by atoms with Crippen LogP contribution in [0.1, 0.15) is 18.0 Å². The van der Waals surface area contributed by atoms with Crippen LogP contribution in [0, 0.1) is 0 Å². The van der Waals surface area contributed by atoms with Gasteiger partial charge in [0.15, 0.2) is 4.34 Å². The van der Waals surface area contributed by atoms with Gasteiger partial charge in [-0.3, -0.25) is 4.90 Å². The molecule has 1 unspecified atom stereocenters. The SMILES string of the molecule is CNC(=O)N(C)c1nnc(SC(C)c2ncc[nH]2)s1. The van der Waals surface area contributed by atoms with Crippen molar-refractivity contribution in [3.63, 3.8) is 0 Å². The lowest BCUT2D eigenvalue weighted by atomic mass is 10.5. The number of rotatable bonds is 4. The summed E-state index contributed by atoms with van der Waals surface area (Å²) in [7, 11) is 3.23. The van der Waals surface area contributed by atoms with Crippen molar-refractivity contribution in [2.24, 2.45) is 0 Å². The molecule has 0 fully saturated rings. The van der Waals surface area contributed by atoms with Gasteiger partial charge in [0.25, 0.3) is 0 Å². The first-order valence-corrected chi connectivity index (χ1v) is 7.26. The summed E-state index contributed by atoms with van der Waals surface area (Å²) in [5, 5.41) is 11.3. The zero-order valence-electron chi connectivity index (χ0n) is 10.7. The quantitative estimate of drug-likeness (QED) is 0.665. The molecule has 7 nitrogen and oxygen atoms in total. The standard InChI is InChI=1S/C10H14N6OS2/c1-6(7-12-4-5-13-7)18-10-15-14-9(19-10)16(3)8(17)11-2/h4-6H,1-3H3,(H,11,17)(H,12,13). The second-order valence-electron chi connectivity index (χ2n) is 3.70. The van der Waals surface area contributed by atoms with E-state index in [2.05, 4.69) is 25.5 Å². The molecular formula is C10H14N6OS2. The summed E-state index contributed by atoms with van der Waals surface area (Å²) in [5.41, 5.74) is 0. The van der Waals surface area contributed by atoms with Crippen LogP contribution in [0.15, 0.2) is 16.7 Å². The Balaban J connectivity index is 2.03. The number of imidazole rings is 1. The molecule has 0 spiro atoms. The molecule has 0 aromatic carbocycles. The van der Waals surface area contributed by atoms with E-state index in [0.717, 1.165) is 10.2 Å². The monoisotopic (exact) mass is 298 g/mol. The predicted molar refractivity (Wildman–Crippen MR) is 75.6 cm³/mol. The maximum absolute atomic E-state index is 11.5. The van der Waals surface area contributed by atoms with Crippen LogP contribution in [0.25, 0.3) is 0 Å². The number of amides is 2. The van der Waals surface area contributed by atoms with Crippen molar-refractivity contribution in [2.75, 3.05) is 19.0 Å². The molecule has 2 aromatic heterocycles. The average molecular weight is 298 g/mol. The Morgan fingerprint density at radius 3 is 3.00 bits per heavy atom. The molecule has 0 aliphatic heterocycles. The van der Waals surface area contributed by atoms with Gasteiger partial charge in [-0.2, -0.15) is 0 Å². The predicted octanol–water partition coefficient (Wildman–Crippen LogP) is 1.89. The van der Waals surface area contributed by atoms with E-state index in [1.54, 1.807) is 38.3 Å². The summed E-state index contributed by atoms with van der Waals surface area (Å²) in [5.74, 6) is 0.890. The molecule has 0 aliphatic rings. The van der Waals surface area contributed by atoms with E-state index in [4.69, 9.17) is 0 Å². The molecule has 2 N–H and O–H groups in total. The Hall–Kier alpha value is -1.61. The third-order valence-electron chi connectivity index (χ3n) is 2.38. The average Bonchev–Trinajstić information content (AvgIpc) is 3.07. The Morgan fingerprint density at radius 2 is 2.37 bits per heavy atom. The Kier molecular flexibility index (Phi) is 4.38. The molecule has 2 heterocycles. The highest BCUT2D eigenvalue weighted by atomic mass is 32.2. The number of nitrogens with one attached hydrogen (secondary N) is 2. The van der Waals surface area contributed by atoms with Crippen molar-refractivity contribution in [3.8, 4) is 0 Å². The molecule has 0 saturated carbocycles. The number of carbonyl (C=O) groups excluding carboxylic acids is 1. The van der Waals surface area contributed by atoms with Crippen LogP contribution in [0.5, 0.6) is 0 Å². The van der Waals surface area contributed by atoms with Crippen molar-refractivity contribution in [3.05, 3.63) is 18.2 Å². The summed E-state index contributed by atoms with van der Waals surface area (Å²) < 4.78 is 0.801. The van der Waals surface area contributed by atoms with Crippen molar-refractivity contribution >= 4 is 34.3 Å². The summed E-state index contributed by atoms with van der Waals surface area (Å²) in [4.78, 5) is 20.2. The number of hydrogen-bond donors (Lipinski definition) is 2. The number of H-pyrrole nitrogens is 1. The number of thioether (sulfide) groups is 1. The van der Waals surface area contributed by atoms with E-state index in [1.807, 2.05) is 6.92 Å². The highest BCUT2D eigenvalue weighted by Gasteiger charge is 2.17. The van der Waals surface area contributed by atoms with Crippen LogP contribution in [-0.4, -0.2) is 40.3 Å². The normalized spacial score (nSPS) is 12.2. The lowest BCUT2D eigenvalue weighted by Gasteiger charge is -2.11. The number of hydrogen-bond acceptors (Lipinski definition) is 6. The lowest BCUT2D eigenvalue weighted by Crippen LogP contribution is -2.34. The van der Waals surface area contributed by atoms with Gasteiger partial charge in [0.05, 0.1) is 5.25 Å². The van der Waals surface area contributed by atoms with Gasteiger partial charge >= 0.3 is 6.03 Å². The third kappa shape index (κ3) is 3.24. The van der Waals surface area contributed by atoms with Gasteiger partial charge in [-0.1, -0.05) is 23.1 Å². The van der Waals surface area contributed by atoms with Gasteiger partial charge in [-0.05, 0) is 6.92 Å². The van der Waals surface area contributed by atoms with E-state index in [1.165, 1.54) is 16.2 Å². The Morgan fingerprint density at radius 1 is 1.58 bits per heavy atom. The van der Waals surface area contributed by atoms with E-state index in [9.17, 15) is 4.79 Å². The van der Waals surface area contributed by atoms with Gasteiger partial charge < -0.3 is 10.3 Å². The van der Waals surface area contributed by atoms with Crippen LogP contribution < -0.4 is 10.2 Å². The smallest absolute Gasteiger partial charge is 0.323 e. The molecule has 19 heavy (non-hydrogen) atoms. The number of aromatic amines is 1. The molecule has 0 radical (unpaired) electrons. The molecule has 1 atom stereocenters. The first-order valence-electron chi connectivity index (χ1n) is 5.56. The second-order valence-corrected chi connectivity index (χ2v) is 6.24. The Bertz CT molecular complexity index is 540. The van der Waals surface area contributed by atoms with Crippen molar-refractivity contribution < 1.29 is 4.79 Å². The molecular weight excluding hydrogens is 284 g/mol. The van der Waals surface area contributed by atoms with Gasteiger partial charge in [-0.15, -0.1) is 10.2 Å². The molecule has 2 aromatic rings. The zero-order chi connectivity index (χ0) is 13.8. The minimum Gasteiger partial charge on any atom is -0.348 e. The van der Waals surface area contributed by atoms with E-state index < -0.39 is 0 Å². The second kappa shape index (κ2) is 6.02. The maximum Gasteiger partial charge on any atom is 0.323 e. The highest BCUT2D eigenvalue weighted by Crippen LogP contribution is 2.36. The molecule has 0 aliphatic carbocycles. The van der Waals surface area contributed by atoms with Gasteiger partial charge in [0, 0.05) is 26.5 Å². The van der Waals surface area contributed by atoms with Crippen LogP contribution in [0.2, 0.25) is 0 Å². The molecule has 0 saturated heterocycles. The fourth-order valence-electron chi connectivity index (χ4n) is 1.35. The van der Waals surface area contributed by atoms with E-state index >= 15 is 0 Å². The van der Waals surface area contributed by atoms with Gasteiger partial charge in [0.1, 0.15) is 5.82 Å². The van der Waals surface area contributed by atoms with Crippen LogP contribution >= 0.6 is 23.1 Å². The number of anilines is 1. The Labute approximate surface area is 118 Å². The minimum atomic E-state index is -0.216. The summed E-state index contributed by atoms with van der Waals surface area (Å²) in [6.45, 7) is 2.03. The molecule has 9 heteroatoms. The number of urea groups is 1. The summed E-state index contributed by atoms with van der Waals surface area (Å²) >= 11 is 2.93. The van der Waals surface area contributed by atoms with Gasteiger partial charge in [0.2, 0.25) is 5.13 Å². The molecule has 102 valence electrons. The van der Waals surface area contributed by atoms with Crippen LogP contribution in [0.4, 0.5) is 9.93 Å². The summed E-state index contributed by atoms with van der Waals surface area (Å²) in [6, 6.07) is -0.216. The van der Waals surface area contributed by atoms with Gasteiger partial charge in [-0.25, -0.2) is 9.78 Å². The van der Waals surface area contributed by atoms with Crippen molar-refractivity contribution in [1.82, 2.24) is 25.5 Å². The first-order chi connectivity index (χ1) is 9.11. The number of nitrogens with zero attached hydrogens (tertiary/aromatic N) is 4. The fourth-order valence-corrected chi connectivity index (χ4v) is 3.37. The third-order valence-corrected chi connectivity index (χ3v) is 4.58. The van der Waals surface area contributed by atoms with Crippen LogP contribution in [0.3, 0.4) is 0 Å². The fraction of sp³-hybridized carbons (Fsp3) is 0.400. The lowest BCUT2D eigenvalue weighted by molar-refractivity contribution is 0.249. The highest BCUT2D eigenvalue weighted by molar-refractivity contribution is 8.01. The molecule has 0 bridgehead atoms. The molecule has 2 amide bonds. The zero-order valence-corrected chi connectivity index (χ0v) is 12.4. The number of carbonyl (C=O) groups is 1. The van der Waals surface area contributed by atoms with E-state index in [0.29, 0.717) is 5.13 Å². The van der Waals surface area contributed by atoms with Crippen molar-refractivity contribution in [2.45, 2.75) is 16.5 Å². The maximum atomic E-state index is 11.5. The topological polar surface area (TPSA) is 86.8 Å². The largest absolute Gasteiger partial charge is 0.348 e. The molecule has 2 rings (SSSR count). The van der Waals surface area contributed by atoms with Crippen molar-refractivity contribution in [1.29, 1.82) is 0 Å². The first kappa shape index (κ1) is 13.8. The van der Waals surface area contributed by atoms with E-state index in [-0.39, 0.29) is 11.3 Å². The van der Waals surface area contributed by atoms with Crippen LogP contribution in [-0.2, 0) is 0 Å². The minimum absolute atomic E-state index is 0.154. The summed E-state index contributed by atoms with van der Waals surface area (Å²) in [6.07, 6.45) is 3.51. The number of aromatic nitrogens is 4.